The SMILES string of the molecule is O=C1NCCN(CC(c2ccccc2)c2ccccc2)C1CC(=O)N1CCOCC1. The minimum Gasteiger partial charge on any atom is -0.378 e. The number of amides is 2. The van der Waals surface area contributed by atoms with Crippen LogP contribution in [0.2, 0.25) is 0 Å². The van der Waals surface area contributed by atoms with E-state index in [0.29, 0.717) is 39.4 Å². The van der Waals surface area contributed by atoms with Gasteiger partial charge in [-0.15, -0.1) is 0 Å². The van der Waals surface area contributed by atoms with E-state index in [4.69, 9.17) is 4.74 Å². The van der Waals surface area contributed by atoms with Crippen molar-refractivity contribution in [3.8, 4) is 0 Å². The number of hydrogen-bond acceptors (Lipinski definition) is 4. The van der Waals surface area contributed by atoms with Crippen LogP contribution in [0.3, 0.4) is 0 Å². The number of piperazine rings is 1. The van der Waals surface area contributed by atoms with E-state index in [9.17, 15) is 9.59 Å². The molecule has 2 saturated heterocycles. The Morgan fingerprint density at radius 1 is 0.967 bits per heavy atom. The molecule has 6 heteroatoms. The molecule has 0 spiro atoms. The summed E-state index contributed by atoms with van der Waals surface area (Å²) < 4.78 is 5.35. The standard InChI is InChI=1S/C24H29N3O3/c28-23(26-13-15-30-16-14-26)17-22-24(29)25-11-12-27(22)18-21(19-7-3-1-4-8-19)20-9-5-2-6-10-20/h1-10,21-22H,11-18H2,(H,25,29). The Hall–Kier alpha value is -2.70. The van der Waals surface area contributed by atoms with Crippen LogP contribution in [0.1, 0.15) is 23.5 Å². The van der Waals surface area contributed by atoms with E-state index in [0.717, 1.165) is 6.54 Å². The van der Waals surface area contributed by atoms with Gasteiger partial charge < -0.3 is 15.0 Å². The highest BCUT2D eigenvalue weighted by Gasteiger charge is 2.34. The van der Waals surface area contributed by atoms with Crippen LogP contribution < -0.4 is 5.32 Å². The molecule has 2 aliphatic heterocycles. The van der Waals surface area contributed by atoms with Crippen LogP contribution in [0.25, 0.3) is 0 Å². The average Bonchev–Trinajstić information content (AvgIpc) is 2.81. The van der Waals surface area contributed by atoms with E-state index < -0.39 is 6.04 Å². The zero-order valence-corrected chi connectivity index (χ0v) is 17.2. The number of benzene rings is 2. The summed E-state index contributed by atoms with van der Waals surface area (Å²) in [4.78, 5) is 29.6. The average molecular weight is 408 g/mol. The van der Waals surface area contributed by atoms with Gasteiger partial charge in [-0.2, -0.15) is 0 Å². The van der Waals surface area contributed by atoms with Crippen LogP contribution in [0.4, 0.5) is 0 Å². The van der Waals surface area contributed by atoms with E-state index in [2.05, 4.69) is 34.5 Å². The van der Waals surface area contributed by atoms with Gasteiger partial charge in [0.25, 0.3) is 0 Å². The lowest BCUT2D eigenvalue weighted by molar-refractivity contribution is -0.141. The van der Waals surface area contributed by atoms with E-state index >= 15 is 0 Å². The molecular formula is C24H29N3O3. The summed E-state index contributed by atoms with van der Waals surface area (Å²) in [6.45, 7) is 4.38. The molecule has 2 amide bonds. The number of nitrogens with zero attached hydrogens (tertiary/aromatic N) is 2. The Morgan fingerprint density at radius 3 is 2.17 bits per heavy atom. The fourth-order valence-corrected chi connectivity index (χ4v) is 4.32. The van der Waals surface area contributed by atoms with Crippen LogP contribution >= 0.6 is 0 Å². The Balaban J connectivity index is 1.54. The van der Waals surface area contributed by atoms with Crippen LogP contribution in [0, 0.1) is 0 Å². The normalized spacial score (nSPS) is 20.2. The lowest BCUT2D eigenvalue weighted by Gasteiger charge is -2.38. The third kappa shape index (κ3) is 4.89. The zero-order chi connectivity index (χ0) is 20.8. The molecule has 30 heavy (non-hydrogen) atoms. The largest absolute Gasteiger partial charge is 0.378 e. The summed E-state index contributed by atoms with van der Waals surface area (Å²) in [5.41, 5.74) is 2.43. The molecule has 1 unspecified atom stereocenters. The molecule has 1 atom stereocenters. The maximum absolute atomic E-state index is 12.8. The van der Waals surface area contributed by atoms with Crippen LogP contribution in [0.5, 0.6) is 0 Å². The highest BCUT2D eigenvalue weighted by molar-refractivity contribution is 5.89. The summed E-state index contributed by atoms with van der Waals surface area (Å²) >= 11 is 0. The number of hydrogen-bond donors (Lipinski definition) is 1. The molecule has 0 bridgehead atoms. The topological polar surface area (TPSA) is 61.9 Å². The van der Waals surface area contributed by atoms with Crippen molar-refractivity contribution in [1.29, 1.82) is 0 Å². The first kappa shape index (κ1) is 20.6. The van der Waals surface area contributed by atoms with Gasteiger partial charge in [0, 0.05) is 38.6 Å². The Morgan fingerprint density at radius 2 is 1.57 bits per heavy atom. The van der Waals surface area contributed by atoms with E-state index in [-0.39, 0.29) is 24.2 Å². The molecule has 2 fully saturated rings. The minimum atomic E-state index is -0.441. The first-order valence-electron chi connectivity index (χ1n) is 10.7. The number of ether oxygens (including phenoxy) is 1. The lowest BCUT2D eigenvalue weighted by Crippen LogP contribution is -2.57. The number of rotatable bonds is 6. The summed E-state index contributed by atoms with van der Waals surface area (Å²) in [5, 5.41) is 2.95. The maximum Gasteiger partial charge on any atom is 0.237 e. The van der Waals surface area contributed by atoms with E-state index in [1.807, 2.05) is 41.3 Å². The highest BCUT2D eigenvalue weighted by Crippen LogP contribution is 2.27. The molecule has 6 nitrogen and oxygen atoms in total. The van der Waals surface area contributed by atoms with Crippen molar-refractivity contribution in [2.75, 3.05) is 45.9 Å². The zero-order valence-electron chi connectivity index (χ0n) is 17.2. The van der Waals surface area contributed by atoms with Gasteiger partial charge >= 0.3 is 0 Å². The summed E-state index contributed by atoms with van der Waals surface area (Å²) in [7, 11) is 0. The Kier molecular flexibility index (Phi) is 6.77. The van der Waals surface area contributed by atoms with Crippen molar-refractivity contribution >= 4 is 11.8 Å². The van der Waals surface area contributed by atoms with Gasteiger partial charge in [0.1, 0.15) is 0 Å². The van der Waals surface area contributed by atoms with E-state index in [1.165, 1.54) is 11.1 Å². The number of carbonyl (C=O) groups is 2. The fourth-order valence-electron chi connectivity index (χ4n) is 4.32. The first-order chi connectivity index (χ1) is 14.7. The molecule has 2 aliphatic rings. The predicted molar refractivity (Wildman–Crippen MR) is 115 cm³/mol. The van der Waals surface area contributed by atoms with Gasteiger partial charge in [0.05, 0.1) is 25.7 Å². The van der Waals surface area contributed by atoms with Crippen molar-refractivity contribution in [2.24, 2.45) is 0 Å². The maximum atomic E-state index is 12.8. The van der Waals surface area contributed by atoms with Crippen molar-refractivity contribution in [3.63, 3.8) is 0 Å². The van der Waals surface area contributed by atoms with Crippen molar-refractivity contribution in [2.45, 2.75) is 18.4 Å². The van der Waals surface area contributed by atoms with Crippen molar-refractivity contribution in [1.82, 2.24) is 15.1 Å². The molecule has 0 radical (unpaired) electrons. The number of nitrogens with one attached hydrogen (secondary N) is 1. The Bertz CT molecular complexity index is 798. The van der Waals surface area contributed by atoms with Gasteiger partial charge in [-0.3, -0.25) is 14.5 Å². The van der Waals surface area contributed by atoms with Crippen LogP contribution in [-0.4, -0.2) is 73.6 Å². The molecule has 4 rings (SSSR count). The van der Waals surface area contributed by atoms with Crippen LogP contribution in [0.15, 0.2) is 60.7 Å². The molecule has 1 N–H and O–H groups in total. The third-order valence-electron chi connectivity index (χ3n) is 5.99. The smallest absolute Gasteiger partial charge is 0.237 e. The first-order valence-corrected chi connectivity index (χ1v) is 10.7. The Labute approximate surface area is 177 Å². The van der Waals surface area contributed by atoms with Gasteiger partial charge in [-0.05, 0) is 11.1 Å². The van der Waals surface area contributed by atoms with Gasteiger partial charge in [-0.25, -0.2) is 0 Å². The number of morpholine rings is 1. The summed E-state index contributed by atoms with van der Waals surface area (Å²) in [6.07, 6.45) is 0.210. The summed E-state index contributed by atoms with van der Waals surface area (Å²) in [5.74, 6) is 0.114. The van der Waals surface area contributed by atoms with Crippen LogP contribution in [-0.2, 0) is 14.3 Å². The van der Waals surface area contributed by atoms with Crippen molar-refractivity contribution in [3.05, 3.63) is 71.8 Å². The molecule has 0 aromatic heterocycles. The second-order valence-electron chi connectivity index (χ2n) is 7.87. The molecule has 0 aliphatic carbocycles. The molecule has 158 valence electrons. The molecule has 0 saturated carbocycles. The predicted octanol–water partition coefficient (Wildman–Crippen LogP) is 1.87. The van der Waals surface area contributed by atoms with Gasteiger partial charge in [0.2, 0.25) is 11.8 Å². The van der Waals surface area contributed by atoms with Crippen molar-refractivity contribution < 1.29 is 14.3 Å². The molecule has 2 aromatic rings. The monoisotopic (exact) mass is 407 g/mol. The quantitative estimate of drug-likeness (QED) is 0.794. The second-order valence-corrected chi connectivity index (χ2v) is 7.87. The second kappa shape index (κ2) is 9.87. The minimum absolute atomic E-state index is 0.0290. The molecular weight excluding hydrogens is 378 g/mol. The number of carbonyl (C=O) groups excluding carboxylic acids is 2. The summed E-state index contributed by atoms with van der Waals surface area (Å²) in [6, 6.07) is 20.3. The van der Waals surface area contributed by atoms with Gasteiger partial charge in [-0.1, -0.05) is 60.7 Å². The molecule has 2 aromatic carbocycles. The van der Waals surface area contributed by atoms with E-state index in [1.54, 1.807) is 0 Å². The highest BCUT2D eigenvalue weighted by atomic mass is 16.5. The van der Waals surface area contributed by atoms with Gasteiger partial charge in [0.15, 0.2) is 0 Å². The molecule has 2 heterocycles. The lowest BCUT2D eigenvalue weighted by atomic mass is 9.90. The fraction of sp³-hybridized carbons (Fsp3) is 0.417. The third-order valence-corrected chi connectivity index (χ3v) is 5.99.